The van der Waals surface area contributed by atoms with Crippen LogP contribution in [0, 0.1) is 0 Å². The number of hydrogen-bond donors (Lipinski definition) is 1. The Balaban J connectivity index is 2.53. The van der Waals surface area contributed by atoms with Crippen LogP contribution >= 0.6 is 0 Å². The Labute approximate surface area is 109 Å². The van der Waals surface area contributed by atoms with Gasteiger partial charge >= 0.3 is 6.18 Å². The van der Waals surface area contributed by atoms with E-state index in [0.717, 1.165) is 6.07 Å². The van der Waals surface area contributed by atoms with E-state index >= 15 is 0 Å². The van der Waals surface area contributed by atoms with Crippen LogP contribution in [0.5, 0.6) is 0 Å². The molecule has 0 aliphatic rings. The van der Waals surface area contributed by atoms with Gasteiger partial charge in [-0.25, -0.2) is 0 Å². The van der Waals surface area contributed by atoms with E-state index in [-0.39, 0.29) is 5.56 Å². The van der Waals surface area contributed by atoms with E-state index < -0.39 is 11.7 Å². The fourth-order valence-corrected chi connectivity index (χ4v) is 2.00. The summed E-state index contributed by atoms with van der Waals surface area (Å²) in [6.07, 6.45) is -4.37. The molecule has 0 aliphatic carbocycles. The normalized spacial score (nSPS) is 11.8. The quantitative estimate of drug-likeness (QED) is 0.928. The minimum atomic E-state index is -4.37. The number of hydrogen-bond acceptors (Lipinski definition) is 2. The van der Waals surface area contributed by atoms with Gasteiger partial charge in [-0.15, -0.1) is 0 Å². The molecular weight excluding hydrogens is 255 g/mol. The second-order valence-corrected chi connectivity index (χ2v) is 4.22. The van der Waals surface area contributed by atoms with Gasteiger partial charge in [0, 0.05) is 19.2 Å². The van der Waals surface area contributed by atoms with Crippen LogP contribution in [0.4, 0.5) is 13.2 Å². The van der Waals surface area contributed by atoms with Crippen molar-refractivity contribution in [2.45, 2.75) is 12.7 Å². The Morgan fingerprint density at radius 3 is 2.58 bits per heavy atom. The summed E-state index contributed by atoms with van der Waals surface area (Å²) in [7, 11) is 3.40. The third-order valence-corrected chi connectivity index (χ3v) is 2.80. The van der Waals surface area contributed by atoms with Crippen molar-refractivity contribution in [3.05, 3.63) is 41.6 Å². The van der Waals surface area contributed by atoms with Crippen LogP contribution in [0.3, 0.4) is 0 Å². The molecule has 0 atom stereocenters. The molecule has 0 bridgehead atoms. The Morgan fingerprint density at radius 2 is 1.95 bits per heavy atom. The average molecular weight is 269 g/mol. The SMILES string of the molecule is CNCc1cc(-c2ccccc2C(F)(F)F)n(C)n1. The van der Waals surface area contributed by atoms with Gasteiger partial charge in [-0.05, 0) is 19.2 Å². The van der Waals surface area contributed by atoms with Gasteiger partial charge in [0.15, 0.2) is 0 Å². The van der Waals surface area contributed by atoms with Crippen molar-refractivity contribution in [3.8, 4) is 11.3 Å². The largest absolute Gasteiger partial charge is 0.417 e. The molecule has 0 fully saturated rings. The zero-order chi connectivity index (χ0) is 14.0. The molecule has 2 rings (SSSR count). The molecule has 0 amide bonds. The van der Waals surface area contributed by atoms with Crippen molar-refractivity contribution in [2.24, 2.45) is 7.05 Å². The molecule has 0 saturated heterocycles. The van der Waals surface area contributed by atoms with Gasteiger partial charge in [0.1, 0.15) is 0 Å². The lowest BCUT2D eigenvalue weighted by molar-refractivity contribution is -0.137. The summed E-state index contributed by atoms with van der Waals surface area (Å²) in [5.74, 6) is 0. The lowest BCUT2D eigenvalue weighted by Crippen LogP contribution is -2.08. The summed E-state index contributed by atoms with van der Waals surface area (Å²) < 4.78 is 40.4. The molecule has 6 heteroatoms. The first-order valence-electron chi connectivity index (χ1n) is 5.77. The van der Waals surface area contributed by atoms with Crippen molar-refractivity contribution >= 4 is 0 Å². The van der Waals surface area contributed by atoms with Crippen molar-refractivity contribution in [1.82, 2.24) is 15.1 Å². The maximum Gasteiger partial charge on any atom is 0.417 e. The number of nitrogens with one attached hydrogen (secondary N) is 1. The fraction of sp³-hybridized carbons (Fsp3) is 0.308. The minimum Gasteiger partial charge on any atom is -0.314 e. The average Bonchev–Trinajstić information content (AvgIpc) is 2.70. The first-order chi connectivity index (χ1) is 8.93. The maximum atomic E-state index is 13.0. The summed E-state index contributed by atoms with van der Waals surface area (Å²) in [5.41, 5.74) is 0.663. The minimum absolute atomic E-state index is 0.146. The van der Waals surface area contributed by atoms with E-state index in [2.05, 4.69) is 10.4 Å². The maximum absolute atomic E-state index is 13.0. The van der Waals surface area contributed by atoms with Crippen LogP contribution in [-0.4, -0.2) is 16.8 Å². The number of alkyl halides is 3. The Bertz CT molecular complexity index is 573. The van der Waals surface area contributed by atoms with Gasteiger partial charge in [-0.2, -0.15) is 18.3 Å². The molecule has 1 aromatic carbocycles. The number of halogens is 3. The van der Waals surface area contributed by atoms with Gasteiger partial charge in [0.25, 0.3) is 0 Å². The lowest BCUT2D eigenvalue weighted by Gasteiger charge is -2.12. The number of nitrogens with zero attached hydrogens (tertiary/aromatic N) is 2. The van der Waals surface area contributed by atoms with Crippen LogP contribution in [0.1, 0.15) is 11.3 Å². The first-order valence-corrected chi connectivity index (χ1v) is 5.77. The summed E-state index contributed by atoms with van der Waals surface area (Å²) in [5, 5.41) is 7.11. The highest BCUT2D eigenvalue weighted by atomic mass is 19.4. The number of rotatable bonds is 3. The van der Waals surface area contributed by atoms with E-state index in [9.17, 15) is 13.2 Å². The van der Waals surface area contributed by atoms with E-state index in [0.29, 0.717) is 17.9 Å². The van der Waals surface area contributed by atoms with Crippen LogP contribution in [0.25, 0.3) is 11.3 Å². The number of benzene rings is 1. The zero-order valence-corrected chi connectivity index (χ0v) is 10.6. The lowest BCUT2D eigenvalue weighted by atomic mass is 10.0. The number of aromatic nitrogens is 2. The topological polar surface area (TPSA) is 29.9 Å². The summed E-state index contributed by atoms with van der Waals surface area (Å²) in [4.78, 5) is 0. The van der Waals surface area contributed by atoms with E-state index in [1.165, 1.54) is 16.8 Å². The molecule has 1 heterocycles. The molecule has 2 aromatic rings. The van der Waals surface area contributed by atoms with Crippen LogP contribution in [-0.2, 0) is 19.8 Å². The van der Waals surface area contributed by atoms with Gasteiger partial charge in [-0.1, -0.05) is 18.2 Å². The van der Waals surface area contributed by atoms with Gasteiger partial charge in [-0.3, -0.25) is 4.68 Å². The molecule has 0 unspecified atom stereocenters. The van der Waals surface area contributed by atoms with Gasteiger partial charge in [0.05, 0.1) is 17.0 Å². The Morgan fingerprint density at radius 1 is 1.26 bits per heavy atom. The second-order valence-electron chi connectivity index (χ2n) is 4.22. The third kappa shape index (κ3) is 2.78. The predicted molar refractivity (Wildman–Crippen MR) is 66.4 cm³/mol. The van der Waals surface area contributed by atoms with E-state index in [1.807, 2.05) is 0 Å². The van der Waals surface area contributed by atoms with Crippen LogP contribution < -0.4 is 5.32 Å². The summed E-state index contributed by atoms with van der Waals surface area (Å²) in [6, 6.07) is 7.19. The van der Waals surface area contributed by atoms with Crippen molar-refractivity contribution < 1.29 is 13.2 Å². The standard InChI is InChI=1S/C13H14F3N3/c1-17-8-9-7-12(19(2)18-9)10-5-3-4-6-11(10)13(14,15)16/h3-7,17H,8H2,1-2H3. The highest BCUT2D eigenvalue weighted by Crippen LogP contribution is 2.36. The van der Waals surface area contributed by atoms with Crippen LogP contribution in [0.15, 0.2) is 30.3 Å². The molecule has 0 saturated carbocycles. The second kappa shape index (κ2) is 5.05. The van der Waals surface area contributed by atoms with Crippen molar-refractivity contribution in [3.63, 3.8) is 0 Å². The summed E-state index contributed by atoms with van der Waals surface area (Å²) in [6.45, 7) is 0.516. The monoisotopic (exact) mass is 269 g/mol. The molecular formula is C13H14F3N3. The zero-order valence-electron chi connectivity index (χ0n) is 10.6. The molecule has 3 nitrogen and oxygen atoms in total. The molecule has 19 heavy (non-hydrogen) atoms. The highest BCUT2D eigenvalue weighted by molar-refractivity contribution is 5.65. The third-order valence-electron chi connectivity index (χ3n) is 2.80. The highest BCUT2D eigenvalue weighted by Gasteiger charge is 2.34. The van der Waals surface area contributed by atoms with Gasteiger partial charge < -0.3 is 5.32 Å². The smallest absolute Gasteiger partial charge is 0.314 e. The molecule has 0 radical (unpaired) electrons. The number of aryl methyl sites for hydroxylation is 1. The predicted octanol–water partition coefficient (Wildman–Crippen LogP) is 2.83. The summed E-state index contributed by atoms with van der Waals surface area (Å²) >= 11 is 0. The van der Waals surface area contributed by atoms with E-state index in [4.69, 9.17) is 0 Å². The molecule has 1 N–H and O–H groups in total. The molecule has 1 aromatic heterocycles. The van der Waals surface area contributed by atoms with E-state index in [1.54, 1.807) is 26.2 Å². The molecule has 0 spiro atoms. The Kier molecular flexibility index (Phi) is 3.61. The van der Waals surface area contributed by atoms with Gasteiger partial charge in [0.2, 0.25) is 0 Å². The van der Waals surface area contributed by atoms with Crippen LogP contribution in [0.2, 0.25) is 0 Å². The Hall–Kier alpha value is -1.82. The fourth-order valence-electron chi connectivity index (χ4n) is 2.00. The van der Waals surface area contributed by atoms with Crippen molar-refractivity contribution in [2.75, 3.05) is 7.05 Å². The molecule has 0 aliphatic heterocycles. The first kappa shape index (κ1) is 13.6. The molecule has 102 valence electrons. The van der Waals surface area contributed by atoms with Crippen molar-refractivity contribution in [1.29, 1.82) is 0 Å².